The quantitative estimate of drug-likeness (QED) is 0.537. The van der Waals surface area contributed by atoms with Gasteiger partial charge in [-0.2, -0.15) is 5.10 Å². The van der Waals surface area contributed by atoms with Crippen LogP contribution in [0.25, 0.3) is 0 Å². The summed E-state index contributed by atoms with van der Waals surface area (Å²) in [6.45, 7) is 4.72. The smallest absolute Gasteiger partial charge is 0.221 e. The van der Waals surface area contributed by atoms with Crippen molar-refractivity contribution >= 4 is 5.91 Å². The maximum absolute atomic E-state index is 11.3. The molecule has 1 aromatic rings. The summed E-state index contributed by atoms with van der Waals surface area (Å²) in [5, 5.41) is 18.9. The summed E-state index contributed by atoms with van der Waals surface area (Å²) in [6.07, 6.45) is 5.11. The van der Waals surface area contributed by atoms with Gasteiger partial charge >= 0.3 is 0 Å². The molecule has 1 aromatic heterocycles. The Morgan fingerprint density at radius 1 is 1.50 bits per heavy atom. The van der Waals surface area contributed by atoms with E-state index in [1.54, 1.807) is 10.9 Å². The van der Waals surface area contributed by atoms with Crippen LogP contribution in [0.1, 0.15) is 25.3 Å². The molecule has 102 valence electrons. The first-order chi connectivity index (χ1) is 8.76. The normalized spacial score (nSPS) is 10.6. The van der Waals surface area contributed by atoms with Crippen LogP contribution < -0.4 is 10.6 Å². The largest absolute Gasteiger partial charge is 0.394 e. The Labute approximate surface area is 107 Å². The zero-order valence-corrected chi connectivity index (χ0v) is 10.9. The topological polar surface area (TPSA) is 79.2 Å². The number of carbonyl (C=O) groups excluding carboxylic acids is 1. The standard InChI is InChI=1S/C12H22N4O2/c1-2-4-14-12(18)3-5-13-8-11-9-15-16(10-11)6-7-17/h9-10,13,17H,2-8H2,1H3,(H,14,18). The van der Waals surface area contributed by atoms with Crippen molar-refractivity contribution in [3.8, 4) is 0 Å². The summed E-state index contributed by atoms with van der Waals surface area (Å²) in [5.41, 5.74) is 1.05. The molecule has 6 heteroatoms. The van der Waals surface area contributed by atoms with Gasteiger partial charge in [-0.3, -0.25) is 9.48 Å². The summed E-state index contributed by atoms with van der Waals surface area (Å²) < 4.78 is 1.70. The summed E-state index contributed by atoms with van der Waals surface area (Å²) in [7, 11) is 0. The van der Waals surface area contributed by atoms with Gasteiger partial charge in [-0.1, -0.05) is 6.92 Å². The van der Waals surface area contributed by atoms with Gasteiger partial charge in [0.05, 0.1) is 19.3 Å². The van der Waals surface area contributed by atoms with E-state index in [0.717, 1.165) is 18.5 Å². The number of hydrogen-bond acceptors (Lipinski definition) is 4. The number of rotatable bonds is 9. The molecule has 0 fully saturated rings. The van der Waals surface area contributed by atoms with E-state index < -0.39 is 0 Å². The maximum Gasteiger partial charge on any atom is 0.221 e. The Hall–Kier alpha value is -1.40. The molecule has 0 aliphatic carbocycles. The molecule has 0 aliphatic rings. The molecule has 0 aliphatic heterocycles. The van der Waals surface area contributed by atoms with E-state index in [1.807, 2.05) is 13.1 Å². The van der Waals surface area contributed by atoms with Gasteiger partial charge in [0.1, 0.15) is 0 Å². The molecule has 0 bridgehead atoms. The third kappa shape index (κ3) is 5.79. The molecule has 1 rings (SSSR count). The van der Waals surface area contributed by atoms with Gasteiger partial charge in [0.25, 0.3) is 0 Å². The second-order valence-corrected chi connectivity index (χ2v) is 4.11. The van der Waals surface area contributed by atoms with Crippen LogP contribution >= 0.6 is 0 Å². The van der Waals surface area contributed by atoms with E-state index in [2.05, 4.69) is 15.7 Å². The van der Waals surface area contributed by atoms with E-state index in [0.29, 0.717) is 26.1 Å². The number of amides is 1. The van der Waals surface area contributed by atoms with Gasteiger partial charge in [0, 0.05) is 37.8 Å². The fraction of sp³-hybridized carbons (Fsp3) is 0.667. The lowest BCUT2D eigenvalue weighted by molar-refractivity contribution is -0.120. The lowest BCUT2D eigenvalue weighted by Gasteiger charge is -2.04. The van der Waals surface area contributed by atoms with Crippen LogP contribution in [0.5, 0.6) is 0 Å². The number of aliphatic hydroxyl groups is 1. The van der Waals surface area contributed by atoms with Gasteiger partial charge in [-0.05, 0) is 6.42 Å². The molecule has 6 nitrogen and oxygen atoms in total. The maximum atomic E-state index is 11.3. The van der Waals surface area contributed by atoms with Gasteiger partial charge in [-0.15, -0.1) is 0 Å². The van der Waals surface area contributed by atoms with Crippen LogP contribution in [0.15, 0.2) is 12.4 Å². The summed E-state index contributed by atoms with van der Waals surface area (Å²) in [5.74, 6) is 0.0836. The molecule has 0 radical (unpaired) electrons. The van der Waals surface area contributed by atoms with Crippen LogP contribution in [-0.2, 0) is 17.9 Å². The molecule has 0 spiro atoms. The second kappa shape index (κ2) is 8.66. The van der Waals surface area contributed by atoms with Crippen molar-refractivity contribution in [1.29, 1.82) is 0 Å². The first kappa shape index (κ1) is 14.7. The molecule has 18 heavy (non-hydrogen) atoms. The van der Waals surface area contributed by atoms with Crippen molar-refractivity contribution < 1.29 is 9.90 Å². The van der Waals surface area contributed by atoms with E-state index in [-0.39, 0.29) is 12.5 Å². The van der Waals surface area contributed by atoms with Crippen LogP contribution in [0.3, 0.4) is 0 Å². The zero-order chi connectivity index (χ0) is 13.2. The Morgan fingerprint density at radius 2 is 2.33 bits per heavy atom. The minimum Gasteiger partial charge on any atom is -0.394 e. The number of hydrogen-bond donors (Lipinski definition) is 3. The van der Waals surface area contributed by atoms with E-state index in [9.17, 15) is 4.79 Å². The average molecular weight is 254 g/mol. The minimum atomic E-state index is 0.0836. The highest BCUT2D eigenvalue weighted by Crippen LogP contribution is 1.96. The Kier molecular flexibility index (Phi) is 7.05. The van der Waals surface area contributed by atoms with E-state index in [1.165, 1.54) is 0 Å². The van der Waals surface area contributed by atoms with E-state index in [4.69, 9.17) is 5.11 Å². The molecule has 0 unspecified atom stereocenters. The van der Waals surface area contributed by atoms with E-state index >= 15 is 0 Å². The predicted octanol–water partition coefficient (Wildman–Crippen LogP) is -0.119. The van der Waals surface area contributed by atoms with Crippen LogP contribution in [0.4, 0.5) is 0 Å². The van der Waals surface area contributed by atoms with Gasteiger partial charge in [0.15, 0.2) is 0 Å². The summed E-state index contributed by atoms with van der Waals surface area (Å²) in [6, 6.07) is 0. The second-order valence-electron chi connectivity index (χ2n) is 4.11. The Bertz CT molecular complexity index is 352. The number of nitrogens with one attached hydrogen (secondary N) is 2. The van der Waals surface area contributed by atoms with Gasteiger partial charge < -0.3 is 15.7 Å². The van der Waals surface area contributed by atoms with Crippen molar-refractivity contribution in [3.63, 3.8) is 0 Å². The average Bonchev–Trinajstić information content (AvgIpc) is 2.80. The third-order valence-electron chi connectivity index (χ3n) is 2.45. The molecule has 0 saturated carbocycles. The molecule has 0 aromatic carbocycles. The fourth-order valence-corrected chi connectivity index (χ4v) is 1.51. The number of carbonyl (C=O) groups is 1. The highest BCUT2D eigenvalue weighted by atomic mass is 16.3. The number of aromatic nitrogens is 2. The SMILES string of the molecule is CCCNC(=O)CCNCc1cnn(CCO)c1. The Balaban J connectivity index is 2.11. The first-order valence-electron chi connectivity index (χ1n) is 6.36. The molecular weight excluding hydrogens is 232 g/mol. The number of nitrogens with zero attached hydrogens (tertiary/aromatic N) is 2. The third-order valence-corrected chi connectivity index (χ3v) is 2.45. The minimum absolute atomic E-state index is 0.0836. The fourth-order valence-electron chi connectivity index (χ4n) is 1.51. The summed E-state index contributed by atoms with van der Waals surface area (Å²) in [4.78, 5) is 11.3. The lowest BCUT2D eigenvalue weighted by atomic mass is 10.3. The van der Waals surface area contributed by atoms with Crippen molar-refractivity contribution in [2.45, 2.75) is 32.9 Å². The van der Waals surface area contributed by atoms with Gasteiger partial charge in [0.2, 0.25) is 5.91 Å². The van der Waals surface area contributed by atoms with Crippen molar-refractivity contribution in [1.82, 2.24) is 20.4 Å². The van der Waals surface area contributed by atoms with Crippen LogP contribution in [0, 0.1) is 0 Å². The first-order valence-corrected chi connectivity index (χ1v) is 6.36. The highest BCUT2D eigenvalue weighted by Gasteiger charge is 2.01. The van der Waals surface area contributed by atoms with Crippen molar-refractivity contribution in [2.75, 3.05) is 19.7 Å². The molecule has 1 heterocycles. The molecule has 0 saturated heterocycles. The van der Waals surface area contributed by atoms with Crippen molar-refractivity contribution in [2.24, 2.45) is 0 Å². The van der Waals surface area contributed by atoms with Gasteiger partial charge in [-0.25, -0.2) is 0 Å². The molecule has 0 atom stereocenters. The molecule has 1 amide bonds. The Morgan fingerprint density at radius 3 is 3.06 bits per heavy atom. The summed E-state index contributed by atoms with van der Waals surface area (Å²) >= 11 is 0. The zero-order valence-electron chi connectivity index (χ0n) is 10.9. The highest BCUT2D eigenvalue weighted by molar-refractivity contribution is 5.75. The molecular formula is C12H22N4O2. The molecule has 3 N–H and O–H groups in total. The van der Waals surface area contributed by atoms with Crippen LogP contribution in [0.2, 0.25) is 0 Å². The number of aliphatic hydroxyl groups excluding tert-OH is 1. The van der Waals surface area contributed by atoms with Crippen molar-refractivity contribution in [3.05, 3.63) is 18.0 Å². The lowest BCUT2D eigenvalue weighted by Crippen LogP contribution is -2.27. The predicted molar refractivity (Wildman–Crippen MR) is 68.9 cm³/mol. The monoisotopic (exact) mass is 254 g/mol. The van der Waals surface area contributed by atoms with Crippen LogP contribution in [-0.4, -0.2) is 40.5 Å².